The second-order valence-corrected chi connectivity index (χ2v) is 14.3. The lowest BCUT2D eigenvalue weighted by molar-refractivity contribution is -0.125. The van der Waals surface area contributed by atoms with Gasteiger partial charge in [-0.2, -0.15) is 0 Å². The van der Waals surface area contributed by atoms with E-state index in [2.05, 4.69) is 243 Å². The molecule has 1 saturated carbocycles. The standard InChI is InChI=1S/C53H40O/c54-49-50(41-25-9-1-10-26-41,42-27-11-2-12-28-42)52(45-33-17-5-18-34-45,46-35-19-6-20-36-46)53(47-37-21-7-22-38-47,48-39-23-8-24-40-48)51(49,43-29-13-3-14-30-43)44-31-15-4-16-32-44/h1-40H. The molecular weight excluding hydrogens is 653 g/mol. The molecule has 9 rings (SSSR count). The molecule has 258 valence electrons. The van der Waals surface area contributed by atoms with Crippen LogP contribution in [0, 0.1) is 0 Å². The van der Waals surface area contributed by atoms with Crippen molar-refractivity contribution in [2.45, 2.75) is 21.7 Å². The Labute approximate surface area is 318 Å². The van der Waals surface area contributed by atoms with Crippen molar-refractivity contribution in [1.82, 2.24) is 0 Å². The molecule has 0 aromatic heterocycles. The summed E-state index contributed by atoms with van der Waals surface area (Å²) in [5.74, 6) is 0.116. The van der Waals surface area contributed by atoms with E-state index in [0.717, 1.165) is 44.5 Å². The van der Waals surface area contributed by atoms with Crippen LogP contribution in [0.3, 0.4) is 0 Å². The highest BCUT2D eigenvalue weighted by Gasteiger charge is 2.85. The summed E-state index contributed by atoms with van der Waals surface area (Å²) >= 11 is 0. The van der Waals surface area contributed by atoms with Gasteiger partial charge in [0.1, 0.15) is 0 Å². The molecule has 1 heteroatoms. The Hall–Kier alpha value is -6.57. The van der Waals surface area contributed by atoms with Crippen LogP contribution in [0.5, 0.6) is 0 Å². The van der Waals surface area contributed by atoms with Gasteiger partial charge < -0.3 is 0 Å². The highest BCUT2D eigenvalue weighted by Crippen LogP contribution is 2.77. The smallest absolute Gasteiger partial charge is 0.165 e. The zero-order valence-corrected chi connectivity index (χ0v) is 30.0. The van der Waals surface area contributed by atoms with Gasteiger partial charge in [-0.05, 0) is 44.5 Å². The normalized spacial score (nSPS) is 16.4. The maximum atomic E-state index is 17.9. The topological polar surface area (TPSA) is 17.1 Å². The van der Waals surface area contributed by atoms with Crippen molar-refractivity contribution < 1.29 is 4.79 Å². The summed E-state index contributed by atoms with van der Waals surface area (Å²) in [5.41, 5.74) is 3.17. The van der Waals surface area contributed by atoms with Crippen LogP contribution in [-0.2, 0) is 26.5 Å². The van der Waals surface area contributed by atoms with Gasteiger partial charge in [-0.15, -0.1) is 0 Å². The van der Waals surface area contributed by atoms with Gasteiger partial charge in [0.05, 0.1) is 21.7 Å². The Balaban J connectivity index is 1.72. The van der Waals surface area contributed by atoms with E-state index >= 15 is 4.79 Å². The Morgan fingerprint density at radius 2 is 0.352 bits per heavy atom. The van der Waals surface area contributed by atoms with Crippen LogP contribution in [0.2, 0.25) is 0 Å². The highest BCUT2D eigenvalue weighted by atomic mass is 16.1. The number of hydrogen-bond acceptors (Lipinski definition) is 1. The molecule has 0 N–H and O–H groups in total. The number of ketones is 1. The molecule has 8 aromatic carbocycles. The van der Waals surface area contributed by atoms with Crippen LogP contribution < -0.4 is 0 Å². The number of Topliss-reactive ketones (excluding diaryl/α,β-unsaturated/α-hetero) is 1. The van der Waals surface area contributed by atoms with Gasteiger partial charge in [-0.1, -0.05) is 243 Å². The van der Waals surface area contributed by atoms with Crippen LogP contribution >= 0.6 is 0 Å². The molecule has 0 atom stereocenters. The van der Waals surface area contributed by atoms with E-state index in [0.29, 0.717) is 0 Å². The van der Waals surface area contributed by atoms with Crippen LogP contribution in [0.4, 0.5) is 0 Å². The van der Waals surface area contributed by atoms with Crippen molar-refractivity contribution in [1.29, 1.82) is 0 Å². The van der Waals surface area contributed by atoms with Gasteiger partial charge >= 0.3 is 0 Å². The minimum Gasteiger partial charge on any atom is -0.297 e. The Bertz CT molecular complexity index is 2130. The van der Waals surface area contributed by atoms with Crippen LogP contribution in [0.1, 0.15) is 44.5 Å². The zero-order chi connectivity index (χ0) is 36.5. The molecular formula is C53H40O. The van der Waals surface area contributed by atoms with Gasteiger partial charge in [0, 0.05) is 0 Å². The van der Waals surface area contributed by atoms with Gasteiger partial charge in [0.2, 0.25) is 0 Å². The molecule has 1 aliphatic rings. The molecule has 0 heterocycles. The number of rotatable bonds is 8. The summed E-state index contributed by atoms with van der Waals surface area (Å²) in [6.45, 7) is 0. The lowest BCUT2D eigenvalue weighted by Crippen LogP contribution is -2.62. The molecule has 0 radical (unpaired) electrons. The molecule has 1 fully saturated rings. The average Bonchev–Trinajstić information content (AvgIpc) is 3.47. The third kappa shape index (κ3) is 4.30. The highest BCUT2D eigenvalue weighted by molar-refractivity contribution is 6.13. The van der Waals surface area contributed by atoms with Crippen molar-refractivity contribution in [3.8, 4) is 0 Å². The van der Waals surface area contributed by atoms with Gasteiger partial charge in [-0.25, -0.2) is 0 Å². The third-order valence-electron chi connectivity index (χ3n) is 12.0. The fourth-order valence-electron chi connectivity index (χ4n) is 10.5. The molecule has 1 nitrogen and oxygen atoms in total. The molecule has 54 heavy (non-hydrogen) atoms. The van der Waals surface area contributed by atoms with E-state index in [-0.39, 0.29) is 5.78 Å². The molecule has 8 aromatic rings. The first kappa shape index (κ1) is 33.3. The molecule has 0 amide bonds. The summed E-state index contributed by atoms with van der Waals surface area (Å²) in [7, 11) is 0. The van der Waals surface area contributed by atoms with Crippen molar-refractivity contribution >= 4 is 5.78 Å². The Morgan fingerprint density at radius 3 is 0.519 bits per heavy atom. The summed E-state index contributed by atoms with van der Waals surface area (Å²) < 4.78 is 0. The first-order valence-corrected chi connectivity index (χ1v) is 18.7. The zero-order valence-electron chi connectivity index (χ0n) is 30.0. The van der Waals surface area contributed by atoms with E-state index in [1.54, 1.807) is 0 Å². The molecule has 0 bridgehead atoms. The van der Waals surface area contributed by atoms with Crippen molar-refractivity contribution in [2.75, 3.05) is 0 Å². The number of benzene rings is 8. The van der Waals surface area contributed by atoms with Crippen molar-refractivity contribution in [3.63, 3.8) is 0 Å². The monoisotopic (exact) mass is 692 g/mol. The van der Waals surface area contributed by atoms with Crippen LogP contribution in [-0.4, -0.2) is 5.78 Å². The maximum absolute atomic E-state index is 17.9. The van der Waals surface area contributed by atoms with E-state index in [1.165, 1.54) is 0 Å². The fourth-order valence-corrected chi connectivity index (χ4v) is 10.5. The quantitative estimate of drug-likeness (QED) is 0.155. The van der Waals surface area contributed by atoms with Gasteiger partial charge in [0.25, 0.3) is 0 Å². The molecule has 0 spiro atoms. The minimum absolute atomic E-state index is 0.116. The van der Waals surface area contributed by atoms with E-state index < -0.39 is 21.7 Å². The lowest BCUT2D eigenvalue weighted by Gasteiger charge is -2.58. The number of carbonyl (C=O) groups excluding carboxylic acids is 1. The van der Waals surface area contributed by atoms with E-state index in [9.17, 15) is 0 Å². The largest absolute Gasteiger partial charge is 0.297 e. The van der Waals surface area contributed by atoms with Crippen molar-refractivity contribution in [2.24, 2.45) is 0 Å². The Morgan fingerprint density at radius 1 is 0.204 bits per heavy atom. The molecule has 1 aliphatic carbocycles. The maximum Gasteiger partial charge on any atom is 0.165 e. The van der Waals surface area contributed by atoms with E-state index in [4.69, 9.17) is 0 Å². The minimum atomic E-state index is -1.30. The van der Waals surface area contributed by atoms with Crippen LogP contribution in [0.15, 0.2) is 243 Å². The number of carbonyl (C=O) groups is 1. The predicted molar refractivity (Wildman–Crippen MR) is 220 cm³/mol. The van der Waals surface area contributed by atoms with Gasteiger partial charge in [0.15, 0.2) is 5.78 Å². The second-order valence-electron chi connectivity index (χ2n) is 14.3. The summed E-state index contributed by atoms with van der Waals surface area (Å²) in [6.07, 6.45) is 0. The Kier molecular flexibility index (Phi) is 8.28. The summed E-state index contributed by atoms with van der Waals surface area (Å²) in [5, 5.41) is 0. The summed E-state index contributed by atoms with van der Waals surface area (Å²) in [6, 6.07) is 85.8. The summed E-state index contributed by atoms with van der Waals surface area (Å²) in [4.78, 5) is 17.9. The van der Waals surface area contributed by atoms with Gasteiger partial charge in [-0.3, -0.25) is 4.79 Å². The number of hydrogen-bond donors (Lipinski definition) is 0. The second kappa shape index (κ2) is 13.4. The lowest BCUT2D eigenvalue weighted by atomic mass is 9.41. The SMILES string of the molecule is O=C1C(c2ccccc2)(c2ccccc2)C(c2ccccc2)(c2ccccc2)C(c2ccccc2)(c2ccccc2)C1(c1ccccc1)c1ccccc1. The van der Waals surface area contributed by atoms with Crippen molar-refractivity contribution in [3.05, 3.63) is 287 Å². The third-order valence-corrected chi connectivity index (χ3v) is 12.0. The van der Waals surface area contributed by atoms with Crippen LogP contribution in [0.25, 0.3) is 0 Å². The average molecular weight is 693 g/mol. The predicted octanol–water partition coefficient (Wildman–Crippen LogP) is 11.5. The molecule has 0 saturated heterocycles. The molecule has 0 aliphatic heterocycles. The molecule has 0 unspecified atom stereocenters. The van der Waals surface area contributed by atoms with E-state index in [1.807, 2.05) is 0 Å². The first-order valence-electron chi connectivity index (χ1n) is 18.7. The first-order chi connectivity index (χ1) is 26.7. The fraction of sp³-hybridized carbons (Fsp3) is 0.0755.